The van der Waals surface area contributed by atoms with Crippen molar-refractivity contribution >= 4 is 17.7 Å². The molecule has 0 saturated heterocycles. The predicted molar refractivity (Wildman–Crippen MR) is 35.5 cm³/mol. The fraction of sp³-hybridized carbons (Fsp3) is 0.800. The van der Waals surface area contributed by atoms with Crippen molar-refractivity contribution in [3.05, 3.63) is 0 Å². The highest BCUT2D eigenvalue weighted by atomic mass is 35.5. The molecule has 0 fully saturated rings. The number of carbonyl (C=O) groups excluding carboxylic acids is 1. The van der Waals surface area contributed by atoms with Gasteiger partial charge in [-0.2, -0.15) is 0 Å². The van der Waals surface area contributed by atoms with Gasteiger partial charge >= 0.3 is 6.09 Å². The van der Waals surface area contributed by atoms with E-state index in [1.54, 1.807) is 14.0 Å². The van der Waals surface area contributed by atoms with Crippen molar-refractivity contribution in [1.29, 1.82) is 0 Å². The van der Waals surface area contributed by atoms with E-state index >= 15 is 0 Å². The van der Waals surface area contributed by atoms with E-state index in [-0.39, 0.29) is 12.1 Å². The average Bonchev–Trinajstić information content (AvgIpc) is 1.87. The number of hydrogen-bond acceptors (Lipinski definition) is 2. The van der Waals surface area contributed by atoms with Gasteiger partial charge in [0.1, 0.15) is 0 Å². The Bertz CT molecular complexity index is 97.0. The first kappa shape index (κ1) is 8.56. The van der Waals surface area contributed by atoms with Crippen LogP contribution < -0.4 is 0 Å². The van der Waals surface area contributed by atoms with E-state index in [9.17, 15) is 4.79 Å². The van der Waals surface area contributed by atoms with Crippen LogP contribution in [0.1, 0.15) is 6.92 Å². The monoisotopic (exact) mass is 151 g/mol. The SMILES string of the molecule is CCOC(=O)N(C)CCl. The maximum absolute atomic E-state index is 10.6. The fourth-order valence-electron chi connectivity index (χ4n) is 0.282. The predicted octanol–water partition coefficient (Wildman–Crippen LogP) is 1.27. The number of carbonyl (C=O) groups is 1. The molecule has 0 unspecified atom stereocenters. The third kappa shape index (κ3) is 3.19. The van der Waals surface area contributed by atoms with E-state index in [4.69, 9.17) is 11.6 Å². The maximum Gasteiger partial charge on any atom is 0.410 e. The van der Waals surface area contributed by atoms with Crippen LogP contribution in [0, 0.1) is 0 Å². The van der Waals surface area contributed by atoms with Gasteiger partial charge in [0.05, 0.1) is 12.6 Å². The number of ether oxygens (including phenoxy) is 1. The standard InChI is InChI=1S/C5H10ClNO2/c1-3-9-5(8)7(2)4-6/h3-4H2,1-2H3. The minimum Gasteiger partial charge on any atom is -0.450 e. The Balaban J connectivity index is 3.46. The van der Waals surface area contributed by atoms with Crippen LogP contribution in [0.2, 0.25) is 0 Å². The summed E-state index contributed by atoms with van der Waals surface area (Å²) in [6, 6.07) is 0.166. The molecule has 0 aromatic rings. The molecular weight excluding hydrogens is 142 g/mol. The van der Waals surface area contributed by atoms with Gasteiger partial charge < -0.3 is 4.74 Å². The van der Waals surface area contributed by atoms with Gasteiger partial charge in [-0.25, -0.2) is 4.79 Å². The van der Waals surface area contributed by atoms with Gasteiger partial charge in [-0.1, -0.05) is 0 Å². The third-order valence-electron chi connectivity index (χ3n) is 0.759. The molecular formula is C5H10ClNO2. The summed E-state index contributed by atoms with van der Waals surface area (Å²) in [4.78, 5) is 11.9. The first-order chi connectivity index (χ1) is 4.22. The lowest BCUT2D eigenvalue weighted by molar-refractivity contribution is 0.122. The maximum atomic E-state index is 10.6. The normalized spacial score (nSPS) is 8.78. The van der Waals surface area contributed by atoms with Crippen molar-refractivity contribution in [3.63, 3.8) is 0 Å². The fourth-order valence-corrected chi connectivity index (χ4v) is 0.380. The smallest absolute Gasteiger partial charge is 0.410 e. The van der Waals surface area contributed by atoms with Gasteiger partial charge in [0, 0.05) is 7.05 Å². The summed E-state index contributed by atoms with van der Waals surface area (Å²) in [5, 5.41) is 0. The zero-order valence-corrected chi connectivity index (χ0v) is 6.31. The molecule has 0 radical (unpaired) electrons. The summed E-state index contributed by atoms with van der Waals surface area (Å²) in [5.41, 5.74) is 0. The van der Waals surface area contributed by atoms with Crippen molar-refractivity contribution in [1.82, 2.24) is 4.90 Å². The molecule has 0 spiro atoms. The van der Waals surface area contributed by atoms with Gasteiger partial charge in [0.25, 0.3) is 0 Å². The highest BCUT2D eigenvalue weighted by Crippen LogP contribution is 1.90. The molecule has 0 bridgehead atoms. The molecule has 0 aromatic heterocycles. The van der Waals surface area contributed by atoms with Gasteiger partial charge in [-0.05, 0) is 6.92 Å². The third-order valence-corrected chi connectivity index (χ3v) is 1.12. The van der Waals surface area contributed by atoms with Crippen LogP contribution in [0.4, 0.5) is 4.79 Å². The number of halogens is 1. The first-order valence-electron chi connectivity index (χ1n) is 2.66. The topological polar surface area (TPSA) is 29.5 Å². The molecule has 0 atom stereocenters. The molecule has 0 N–H and O–H groups in total. The Kier molecular flexibility index (Phi) is 4.22. The number of hydrogen-bond donors (Lipinski definition) is 0. The van der Waals surface area contributed by atoms with Crippen molar-refractivity contribution < 1.29 is 9.53 Å². The lowest BCUT2D eigenvalue weighted by atomic mass is 10.8. The largest absolute Gasteiger partial charge is 0.450 e. The van der Waals surface area contributed by atoms with Gasteiger partial charge in [-0.15, -0.1) is 11.6 Å². The Labute approximate surface area is 59.5 Å². The minimum absolute atomic E-state index is 0.166. The van der Waals surface area contributed by atoms with Crippen molar-refractivity contribution in [2.45, 2.75) is 6.92 Å². The average molecular weight is 152 g/mol. The van der Waals surface area contributed by atoms with E-state index in [0.717, 1.165) is 0 Å². The zero-order chi connectivity index (χ0) is 7.28. The Morgan fingerprint density at radius 2 is 2.33 bits per heavy atom. The van der Waals surface area contributed by atoms with E-state index in [0.29, 0.717) is 6.61 Å². The number of rotatable bonds is 2. The molecule has 54 valence electrons. The van der Waals surface area contributed by atoms with Crippen LogP contribution in [0.25, 0.3) is 0 Å². The summed E-state index contributed by atoms with van der Waals surface area (Å²) < 4.78 is 4.60. The molecule has 0 aliphatic carbocycles. The molecule has 0 rings (SSSR count). The van der Waals surface area contributed by atoms with Crippen LogP contribution in [0.5, 0.6) is 0 Å². The van der Waals surface area contributed by atoms with E-state index in [1.807, 2.05) is 0 Å². The highest BCUT2D eigenvalue weighted by Gasteiger charge is 2.04. The second-order valence-electron chi connectivity index (χ2n) is 1.52. The number of alkyl halides is 1. The van der Waals surface area contributed by atoms with Crippen LogP contribution in [-0.2, 0) is 4.74 Å². The second-order valence-corrected chi connectivity index (χ2v) is 1.76. The lowest BCUT2D eigenvalue weighted by Crippen LogP contribution is -2.25. The summed E-state index contributed by atoms with van der Waals surface area (Å²) in [5.74, 6) is 0. The molecule has 0 saturated carbocycles. The molecule has 9 heavy (non-hydrogen) atoms. The van der Waals surface area contributed by atoms with E-state index in [2.05, 4.69) is 4.74 Å². The van der Waals surface area contributed by atoms with Crippen LogP contribution in [0.15, 0.2) is 0 Å². The molecule has 0 aliphatic rings. The van der Waals surface area contributed by atoms with Crippen LogP contribution in [-0.4, -0.2) is 30.7 Å². The molecule has 1 amide bonds. The Morgan fingerprint density at radius 1 is 1.78 bits per heavy atom. The second kappa shape index (κ2) is 4.44. The van der Waals surface area contributed by atoms with E-state index in [1.165, 1.54) is 4.90 Å². The minimum atomic E-state index is -0.382. The van der Waals surface area contributed by atoms with Gasteiger partial charge in [-0.3, -0.25) is 4.90 Å². The summed E-state index contributed by atoms with van der Waals surface area (Å²) >= 11 is 5.31. The molecule has 0 heterocycles. The number of nitrogens with zero attached hydrogens (tertiary/aromatic N) is 1. The van der Waals surface area contributed by atoms with E-state index < -0.39 is 0 Å². The highest BCUT2D eigenvalue weighted by molar-refractivity contribution is 6.18. The Morgan fingerprint density at radius 3 is 2.67 bits per heavy atom. The molecule has 0 aromatic carbocycles. The molecule has 0 aliphatic heterocycles. The molecule has 4 heteroatoms. The summed E-state index contributed by atoms with van der Waals surface area (Å²) in [6.45, 7) is 2.14. The van der Waals surface area contributed by atoms with Crippen molar-refractivity contribution in [2.75, 3.05) is 19.7 Å². The first-order valence-corrected chi connectivity index (χ1v) is 3.19. The van der Waals surface area contributed by atoms with Crippen molar-refractivity contribution in [3.8, 4) is 0 Å². The zero-order valence-electron chi connectivity index (χ0n) is 5.56. The van der Waals surface area contributed by atoms with Crippen LogP contribution >= 0.6 is 11.6 Å². The number of amides is 1. The summed E-state index contributed by atoms with van der Waals surface area (Å²) in [6.07, 6.45) is -0.382. The Hall–Kier alpha value is -0.440. The lowest BCUT2D eigenvalue weighted by Gasteiger charge is -2.11. The van der Waals surface area contributed by atoms with Crippen molar-refractivity contribution in [2.24, 2.45) is 0 Å². The molecule has 3 nitrogen and oxygen atoms in total. The van der Waals surface area contributed by atoms with Crippen LogP contribution in [0.3, 0.4) is 0 Å². The summed E-state index contributed by atoms with van der Waals surface area (Å²) in [7, 11) is 1.57. The van der Waals surface area contributed by atoms with Gasteiger partial charge in [0.2, 0.25) is 0 Å². The quantitative estimate of drug-likeness (QED) is 0.440. The van der Waals surface area contributed by atoms with Gasteiger partial charge in [0.15, 0.2) is 0 Å².